The molecule has 0 radical (unpaired) electrons. The predicted octanol–water partition coefficient (Wildman–Crippen LogP) is 1.05. The summed E-state index contributed by atoms with van der Waals surface area (Å²) in [6.45, 7) is 7.78. The van der Waals surface area contributed by atoms with Crippen LogP contribution in [-0.2, 0) is 9.59 Å². The van der Waals surface area contributed by atoms with Gasteiger partial charge in [-0.05, 0) is 0 Å². The minimum Gasteiger partial charge on any atom is -0.368 e. The van der Waals surface area contributed by atoms with Gasteiger partial charge < -0.3 is 11.1 Å². The lowest BCUT2D eigenvalue weighted by molar-refractivity contribution is -0.126. The van der Waals surface area contributed by atoms with Gasteiger partial charge in [0.1, 0.15) is 0 Å². The zero-order valence-corrected chi connectivity index (χ0v) is 9.59. The molecule has 0 rings (SSSR count). The summed E-state index contributed by atoms with van der Waals surface area (Å²) in [6, 6.07) is 0. The van der Waals surface area contributed by atoms with Crippen LogP contribution in [0.2, 0.25) is 0 Å². The first kappa shape index (κ1) is 15.4. The van der Waals surface area contributed by atoms with Crippen LogP contribution in [0.3, 0.4) is 0 Å². The Hall–Kier alpha value is -1.06. The van der Waals surface area contributed by atoms with Gasteiger partial charge in [0.15, 0.2) is 0 Å². The third-order valence-electron chi connectivity index (χ3n) is 1.46. The highest BCUT2D eigenvalue weighted by Crippen LogP contribution is 1.88. The van der Waals surface area contributed by atoms with E-state index in [4.69, 9.17) is 5.73 Å². The third-order valence-corrected chi connectivity index (χ3v) is 1.46. The Kier molecular flexibility index (Phi) is 11.0. The molecule has 0 saturated carbocycles. The first-order chi connectivity index (χ1) is 6.45. The SMILES string of the molecule is CC(C)C(=O)NCC(N)=O.CCCC. The number of hydrogen-bond acceptors (Lipinski definition) is 2. The van der Waals surface area contributed by atoms with E-state index in [-0.39, 0.29) is 18.4 Å². The lowest BCUT2D eigenvalue weighted by Gasteiger charge is -2.03. The molecular weight excluding hydrogens is 180 g/mol. The second-order valence-corrected chi connectivity index (χ2v) is 3.34. The van der Waals surface area contributed by atoms with Crippen molar-refractivity contribution < 1.29 is 9.59 Å². The van der Waals surface area contributed by atoms with E-state index in [1.165, 1.54) is 12.8 Å². The van der Waals surface area contributed by atoms with Crippen LogP contribution in [0.15, 0.2) is 0 Å². The first-order valence-corrected chi connectivity index (χ1v) is 5.01. The van der Waals surface area contributed by atoms with E-state index in [0.29, 0.717) is 0 Å². The molecule has 0 aliphatic rings. The highest BCUT2D eigenvalue weighted by Gasteiger charge is 2.05. The molecular formula is C10H22N2O2. The van der Waals surface area contributed by atoms with Crippen LogP contribution in [-0.4, -0.2) is 18.4 Å². The summed E-state index contributed by atoms with van der Waals surface area (Å²) in [7, 11) is 0. The molecule has 84 valence electrons. The molecule has 3 N–H and O–H groups in total. The van der Waals surface area contributed by atoms with Crippen LogP contribution in [0.5, 0.6) is 0 Å². The van der Waals surface area contributed by atoms with Gasteiger partial charge in [-0.25, -0.2) is 0 Å². The number of unbranched alkanes of at least 4 members (excludes halogenated alkanes) is 1. The van der Waals surface area contributed by atoms with Crippen LogP contribution >= 0.6 is 0 Å². The normalized spacial score (nSPS) is 8.93. The van der Waals surface area contributed by atoms with Crippen molar-refractivity contribution in [2.45, 2.75) is 40.5 Å². The van der Waals surface area contributed by atoms with E-state index in [9.17, 15) is 9.59 Å². The molecule has 4 heteroatoms. The largest absolute Gasteiger partial charge is 0.368 e. The molecule has 0 fully saturated rings. The number of amides is 2. The maximum Gasteiger partial charge on any atom is 0.236 e. The van der Waals surface area contributed by atoms with Crippen LogP contribution in [0.4, 0.5) is 0 Å². The van der Waals surface area contributed by atoms with Gasteiger partial charge in [-0.3, -0.25) is 9.59 Å². The number of primary amides is 1. The Labute approximate surface area is 86.2 Å². The zero-order valence-electron chi connectivity index (χ0n) is 9.59. The van der Waals surface area contributed by atoms with Crippen molar-refractivity contribution >= 4 is 11.8 Å². The van der Waals surface area contributed by atoms with Crippen molar-refractivity contribution in [1.82, 2.24) is 5.32 Å². The fraction of sp³-hybridized carbons (Fsp3) is 0.800. The lowest BCUT2D eigenvalue weighted by atomic mass is 10.2. The monoisotopic (exact) mass is 202 g/mol. The summed E-state index contributed by atoms with van der Waals surface area (Å²) in [5, 5.41) is 2.37. The molecule has 0 heterocycles. The molecule has 0 aliphatic heterocycles. The minimum absolute atomic E-state index is 0.0724. The molecule has 0 aromatic rings. The fourth-order valence-electron chi connectivity index (χ4n) is 0.378. The maximum absolute atomic E-state index is 10.7. The van der Waals surface area contributed by atoms with Gasteiger partial charge >= 0.3 is 0 Å². The number of nitrogens with two attached hydrogens (primary N) is 1. The quantitative estimate of drug-likeness (QED) is 0.715. The third kappa shape index (κ3) is 13.5. The van der Waals surface area contributed by atoms with E-state index >= 15 is 0 Å². The highest BCUT2D eigenvalue weighted by atomic mass is 16.2. The Morgan fingerprint density at radius 3 is 1.86 bits per heavy atom. The van der Waals surface area contributed by atoms with E-state index in [2.05, 4.69) is 19.2 Å². The zero-order chi connectivity index (χ0) is 11.6. The Bertz CT molecular complexity index is 166. The minimum atomic E-state index is -0.519. The van der Waals surface area contributed by atoms with E-state index in [0.717, 1.165) is 0 Å². The van der Waals surface area contributed by atoms with Crippen LogP contribution in [0, 0.1) is 5.92 Å². The molecule has 0 spiro atoms. The average Bonchev–Trinajstić information content (AvgIpc) is 2.14. The van der Waals surface area contributed by atoms with Crippen molar-refractivity contribution in [3.8, 4) is 0 Å². The van der Waals surface area contributed by atoms with Gasteiger partial charge in [0.05, 0.1) is 6.54 Å². The Balaban J connectivity index is 0. The van der Waals surface area contributed by atoms with Gasteiger partial charge in [0, 0.05) is 5.92 Å². The average molecular weight is 202 g/mol. The second-order valence-electron chi connectivity index (χ2n) is 3.34. The fourth-order valence-corrected chi connectivity index (χ4v) is 0.378. The molecule has 4 nitrogen and oxygen atoms in total. The summed E-state index contributed by atoms with van der Waals surface area (Å²) in [6.07, 6.45) is 2.64. The second kappa shape index (κ2) is 10.0. The van der Waals surface area contributed by atoms with Crippen molar-refractivity contribution in [3.63, 3.8) is 0 Å². The number of hydrogen-bond donors (Lipinski definition) is 2. The summed E-state index contributed by atoms with van der Waals surface area (Å²) in [5.41, 5.74) is 4.79. The highest BCUT2D eigenvalue weighted by molar-refractivity contribution is 5.84. The molecule has 2 amide bonds. The standard InChI is InChI=1S/C6H12N2O2.C4H10/c1-4(2)6(10)8-3-5(7)9;1-3-4-2/h4H,3H2,1-2H3,(H2,7,9)(H,8,10);3-4H2,1-2H3. The number of carbonyl (C=O) groups is 2. The van der Waals surface area contributed by atoms with E-state index in [1.807, 2.05) is 0 Å². The lowest BCUT2D eigenvalue weighted by Crippen LogP contribution is -2.35. The van der Waals surface area contributed by atoms with Crippen LogP contribution < -0.4 is 11.1 Å². The Morgan fingerprint density at radius 1 is 1.21 bits per heavy atom. The van der Waals surface area contributed by atoms with Gasteiger partial charge in [-0.2, -0.15) is 0 Å². The molecule has 0 unspecified atom stereocenters. The predicted molar refractivity (Wildman–Crippen MR) is 57.6 cm³/mol. The number of nitrogens with one attached hydrogen (secondary N) is 1. The molecule has 0 atom stereocenters. The molecule has 14 heavy (non-hydrogen) atoms. The molecule has 0 bridgehead atoms. The number of carbonyl (C=O) groups excluding carboxylic acids is 2. The van der Waals surface area contributed by atoms with Crippen molar-refractivity contribution in [2.75, 3.05) is 6.54 Å². The molecule has 0 aromatic heterocycles. The van der Waals surface area contributed by atoms with Crippen LogP contribution in [0.25, 0.3) is 0 Å². The molecule has 0 saturated heterocycles. The van der Waals surface area contributed by atoms with Gasteiger partial charge in [0.2, 0.25) is 11.8 Å². The first-order valence-electron chi connectivity index (χ1n) is 5.01. The smallest absolute Gasteiger partial charge is 0.236 e. The van der Waals surface area contributed by atoms with Crippen molar-refractivity contribution in [1.29, 1.82) is 0 Å². The van der Waals surface area contributed by atoms with E-state index in [1.54, 1.807) is 13.8 Å². The van der Waals surface area contributed by atoms with Gasteiger partial charge in [0.25, 0.3) is 0 Å². The summed E-state index contributed by atoms with van der Waals surface area (Å²) < 4.78 is 0. The van der Waals surface area contributed by atoms with Gasteiger partial charge in [-0.15, -0.1) is 0 Å². The molecule has 0 aliphatic carbocycles. The van der Waals surface area contributed by atoms with Crippen LogP contribution in [0.1, 0.15) is 40.5 Å². The van der Waals surface area contributed by atoms with Gasteiger partial charge in [-0.1, -0.05) is 40.5 Å². The summed E-state index contributed by atoms with van der Waals surface area (Å²) >= 11 is 0. The van der Waals surface area contributed by atoms with E-state index < -0.39 is 5.91 Å². The summed E-state index contributed by atoms with van der Waals surface area (Å²) in [4.78, 5) is 20.9. The van der Waals surface area contributed by atoms with Crippen molar-refractivity contribution in [2.24, 2.45) is 11.7 Å². The summed E-state index contributed by atoms with van der Waals surface area (Å²) in [5.74, 6) is -0.771. The maximum atomic E-state index is 10.7. The topological polar surface area (TPSA) is 72.2 Å². The van der Waals surface area contributed by atoms with Crippen molar-refractivity contribution in [3.05, 3.63) is 0 Å². The molecule has 0 aromatic carbocycles. The number of rotatable bonds is 4. The Morgan fingerprint density at radius 2 is 1.64 bits per heavy atom.